The van der Waals surface area contributed by atoms with Crippen molar-refractivity contribution in [3.63, 3.8) is 0 Å². The minimum Gasteiger partial charge on any atom is -0.355 e. The van der Waals surface area contributed by atoms with Gasteiger partial charge in [0.05, 0.1) is 0 Å². The molecule has 1 aliphatic heterocycles. The molecule has 1 fully saturated rings. The van der Waals surface area contributed by atoms with Gasteiger partial charge in [-0.25, -0.2) is 0 Å². The van der Waals surface area contributed by atoms with Crippen molar-refractivity contribution in [2.75, 3.05) is 39.3 Å². The number of likely N-dealkylation sites (N-methyl/N-ethyl adjacent to an activating group) is 1. The Balaban J connectivity index is 2.58. The van der Waals surface area contributed by atoms with Gasteiger partial charge in [-0.1, -0.05) is 13.8 Å². The fraction of sp³-hybridized carbons (Fsp3) is 0.857. The molecule has 1 heterocycles. The first-order valence-electron chi connectivity index (χ1n) is 7.23. The van der Waals surface area contributed by atoms with E-state index in [9.17, 15) is 9.59 Å². The highest BCUT2D eigenvalue weighted by Crippen LogP contribution is 2.20. The molecule has 0 bridgehead atoms. The maximum atomic E-state index is 12.5. The third kappa shape index (κ3) is 3.93. The van der Waals surface area contributed by atoms with Crippen LogP contribution in [0.5, 0.6) is 0 Å². The van der Waals surface area contributed by atoms with Gasteiger partial charge >= 0.3 is 0 Å². The number of hydrogen-bond acceptors (Lipinski definition) is 3. The van der Waals surface area contributed by atoms with E-state index in [0.29, 0.717) is 6.54 Å². The number of nitrogens with zero attached hydrogens (tertiary/aromatic N) is 2. The lowest BCUT2D eigenvalue weighted by Crippen LogP contribution is -2.55. The highest BCUT2D eigenvalue weighted by molar-refractivity contribution is 6.04. The highest BCUT2D eigenvalue weighted by atomic mass is 16.2. The van der Waals surface area contributed by atoms with Crippen LogP contribution in [-0.2, 0) is 9.59 Å². The van der Waals surface area contributed by atoms with Crippen LogP contribution in [0.25, 0.3) is 0 Å². The molecule has 0 aromatic heterocycles. The summed E-state index contributed by atoms with van der Waals surface area (Å²) in [6.07, 6.45) is 0.880. The Labute approximate surface area is 116 Å². The number of amides is 2. The Morgan fingerprint density at radius 2 is 1.68 bits per heavy atom. The summed E-state index contributed by atoms with van der Waals surface area (Å²) in [5.41, 5.74) is -0.969. The van der Waals surface area contributed by atoms with Crippen LogP contribution >= 0.6 is 0 Å². The van der Waals surface area contributed by atoms with E-state index in [0.717, 1.165) is 39.1 Å². The molecule has 0 spiro atoms. The van der Waals surface area contributed by atoms with E-state index < -0.39 is 5.41 Å². The molecule has 5 heteroatoms. The van der Waals surface area contributed by atoms with Crippen LogP contribution in [0.1, 0.15) is 34.1 Å². The SMILES string of the molecule is CCCNC(=O)C(C)(C)C(=O)N1CCN(CC)CC1. The Morgan fingerprint density at radius 1 is 1.11 bits per heavy atom. The highest BCUT2D eigenvalue weighted by Gasteiger charge is 2.39. The third-order valence-corrected chi connectivity index (χ3v) is 3.74. The molecule has 1 rings (SSSR count). The van der Waals surface area contributed by atoms with Crippen molar-refractivity contribution in [1.29, 1.82) is 0 Å². The summed E-state index contributed by atoms with van der Waals surface area (Å²) < 4.78 is 0. The number of carbonyl (C=O) groups excluding carboxylic acids is 2. The van der Waals surface area contributed by atoms with Gasteiger partial charge in [-0.05, 0) is 26.8 Å². The van der Waals surface area contributed by atoms with E-state index >= 15 is 0 Å². The molecule has 0 saturated carbocycles. The zero-order chi connectivity index (χ0) is 14.5. The zero-order valence-corrected chi connectivity index (χ0v) is 12.7. The van der Waals surface area contributed by atoms with Crippen LogP contribution in [0.15, 0.2) is 0 Å². The Bertz CT molecular complexity index is 321. The monoisotopic (exact) mass is 269 g/mol. The van der Waals surface area contributed by atoms with E-state index in [1.165, 1.54) is 0 Å². The summed E-state index contributed by atoms with van der Waals surface area (Å²) in [4.78, 5) is 28.7. The molecule has 1 saturated heterocycles. The summed E-state index contributed by atoms with van der Waals surface area (Å²) in [5.74, 6) is -0.228. The quantitative estimate of drug-likeness (QED) is 0.748. The molecule has 0 radical (unpaired) electrons. The fourth-order valence-electron chi connectivity index (χ4n) is 2.22. The molecule has 19 heavy (non-hydrogen) atoms. The average molecular weight is 269 g/mol. The third-order valence-electron chi connectivity index (χ3n) is 3.74. The van der Waals surface area contributed by atoms with E-state index in [1.807, 2.05) is 11.8 Å². The van der Waals surface area contributed by atoms with Gasteiger partial charge in [0.1, 0.15) is 5.41 Å². The first kappa shape index (κ1) is 16.0. The topological polar surface area (TPSA) is 52.7 Å². The lowest BCUT2D eigenvalue weighted by atomic mass is 9.90. The molecule has 0 aromatic rings. The lowest BCUT2D eigenvalue weighted by Gasteiger charge is -2.37. The second-order valence-corrected chi connectivity index (χ2v) is 5.61. The van der Waals surface area contributed by atoms with E-state index in [4.69, 9.17) is 0 Å². The number of hydrogen-bond donors (Lipinski definition) is 1. The molecule has 0 unspecified atom stereocenters. The van der Waals surface area contributed by atoms with Crippen molar-refractivity contribution in [2.24, 2.45) is 5.41 Å². The lowest BCUT2D eigenvalue weighted by molar-refractivity contribution is -0.149. The van der Waals surface area contributed by atoms with E-state index in [-0.39, 0.29) is 11.8 Å². The van der Waals surface area contributed by atoms with Gasteiger partial charge < -0.3 is 15.1 Å². The van der Waals surface area contributed by atoms with Gasteiger partial charge in [-0.3, -0.25) is 9.59 Å². The normalized spacial score (nSPS) is 17.4. The minimum absolute atomic E-state index is 0.0585. The Kier molecular flexibility index (Phi) is 5.79. The van der Waals surface area contributed by atoms with Crippen molar-refractivity contribution in [2.45, 2.75) is 34.1 Å². The molecular weight excluding hydrogens is 242 g/mol. The summed E-state index contributed by atoms with van der Waals surface area (Å²) in [7, 11) is 0. The number of piperazine rings is 1. The van der Waals surface area contributed by atoms with Crippen LogP contribution in [-0.4, -0.2) is 60.9 Å². The van der Waals surface area contributed by atoms with E-state index in [1.54, 1.807) is 13.8 Å². The van der Waals surface area contributed by atoms with E-state index in [2.05, 4.69) is 17.1 Å². The number of carbonyl (C=O) groups is 2. The van der Waals surface area contributed by atoms with Crippen molar-refractivity contribution in [3.8, 4) is 0 Å². The van der Waals surface area contributed by atoms with Crippen molar-refractivity contribution in [1.82, 2.24) is 15.1 Å². The smallest absolute Gasteiger partial charge is 0.237 e. The number of rotatable bonds is 5. The first-order chi connectivity index (χ1) is 8.93. The summed E-state index contributed by atoms with van der Waals surface area (Å²) in [5, 5.41) is 2.82. The summed E-state index contributed by atoms with van der Waals surface area (Å²) in [6.45, 7) is 12.4. The molecule has 1 N–H and O–H groups in total. The molecule has 0 atom stereocenters. The van der Waals surface area contributed by atoms with Gasteiger partial charge in [0.15, 0.2) is 0 Å². The van der Waals surface area contributed by atoms with Crippen LogP contribution < -0.4 is 5.32 Å². The van der Waals surface area contributed by atoms with Crippen molar-refractivity contribution >= 4 is 11.8 Å². The van der Waals surface area contributed by atoms with Crippen LogP contribution in [0.4, 0.5) is 0 Å². The van der Waals surface area contributed by atoms with Gasteiger partial charge in [0.25, 0.3) is 0 Å². The van der Waals surface area contributed by atoms with Crippen molar-refractivity contribution in [3.05, 3.63) is 0 Å². The predicted octanol–water partition coefficient (Wildman–Crippen LogP) is 0.703. The molecular formula is C14H27N3O2. The maximum Gasteiger partial charge on any atom is 0.237 e. The minimum atomic E-state index is -0.969. The second-order valence-electron chi connectivity index (χ2n) is 5.61. The van der Waals surface area contributed by atoms with Gasteiger partial charge in [0.2, 0.25) is 11.8 Å². The van der Waals surface area contributed by atoms with Gasteiger partial charge in [-0.2, -0.15) is 0 Å². The fourth-order valence-corrected chi connectivity index (χ4v) is 2.22. The Morgan fingerprint density at radius 3 is 2.16 bits per heavy atom. The van der Waals surface area contributed by atoms with Crippen LogP contribution in [0.2, 0.25) is 0 Å². The van der Waals surface area contributed by atoms with Crippen molar-refractivity contribution < 1.29 is 9.59 Å². The molecule has 2 amide bonds. The Hall–Kier alpha value is -1.10. The van der Waals surface area contributed by atoms with Gasteiger partial charge in [-0.15, -0.1) is 0 Å². The molecule has 5 nitrogen and oxygen atoms in total. The summed E-state index contributed by atoms with van der Waals surface area (Å²) in [6, 6.07) is 0. The summed E-state index contributed by atoms with van der Waals surface area (Å²) >= 11 is 0. The van der Waals surface area contributed by atoms with Crippen LogP contribution in [0.3, 0.4) is 0 Å². The predicted molar refractivity (Wildman–Crippen MR) is 75.8 cm³/mol. The molecule has 1 aliphatic rings. The molecule has 0 aliphatic carbocycles. The van der Waals surface area contributed by atoms with Crippen LogP contribution in [0, 0.1) is 5.41 Å². The molecule has 110 valence electrons. The van der Waals surface area contributed by atoms with Gasteiger partial charge in [0, 0.05) is 32.7 Å². The second kappa shape index (κ2) is 6.89. The maximum absolute atomic E-state index is 12.5. The molecule has 0 aromatic carbocycles. The zero-order valence-electron chi connectivity index (χ0n) is 12.7. The number of nitrogens with one attached hydrogen (secondary N) is 1. The standard InChI is InChI=1S/C14H27N3O2/c1-5-7-15-12(18)14(3,4)13(19)17-10-8-16(6-2)9-11-17/h5-11H2,1-4H3,(H,15,18). The first-order valence-corrected chi connectivity index (χ1v) is 7.23. The average Bonchev–Trinajstić information content (AvgIpc) is 2.43. The largest absolute Gasteiger partial charge is 0.355 e.